The molecule has 0 rings (SSSR count). The quantitative estimate of drug-likeness (QED) is 0.0154. The second kappa shape index (κ2) is 39.3. The van der Waals surface area contributed by atoms with Crippen LogP contribution in [0.25, 0.3) is 0 Å². The number of hydrogen-bond acceptors (Lipinski definition) is 15. The maximum Gasteiger partial charge on any atom is 0.326 e. The Morgan fingerprint density at radius 2 is 0.526 bits per heavy atom. The summed E-state index contributed by atoms with van der Waals surface area (Å²) in [5.41, 5.74) is 77.5. The number of carbonyl (C=O) groups excluding carboxylic acids is 6. The van der Waals surface area contributed by atoms with E-state index in [2.05, 4.69) is 61.9 Å². The lowest BCUT2D eigenvalue weighted by Gasteiger charge is -2.28. The van der Waals surface area contributed by atoms with Gasteiger partial charge in [0.05, 0.1) is 6.04 Å². The summed E-state index contributed by atoms with van der Waals surface area (Å²) in [6, 6.07) is -9.32. The van der Waals surface area contributed by atoms with Crippen molar-refractivity contribution in [2.45, 2.75) is 139 Å². The van der Waals surface area contributed by atoms with Gasteiger partial charge in [0.2, 0.25) is 35.4 Å². The van der Waals surface area contributed by atoms with Crippen LogP contribution >= 0.6 is 0 Å². The lowest BCUT2D eigenvalue weighted by molar-refractivity contribution is -0.142. The fraction of sp³-hybridized carbons (Fsp3) is 0.690. The third kappa shape index (κ3) is 33.5. The second-order valence-corrected chi connectivity index (χ2v) is 17.3. The van der Waals surface area contributed by atoms with E-state index in [0.29, 0.717) is 19.4 Å². The Balaban J connectivity index is 7.14. The van der Waals surface area contributed by atoms with Gasteiger partial charge >= 0.3 is 5.97 Å². The van der Waals surface area contributed by atoms with Crippen molar-refractivity contribution in [2.24, 2.45) is 110 Å². The predicted molar refractivity (Wildman–Crippen MR) is 290 cm³/mol. The van der Waals surface area contributed by atoms with Crippen LogP contribution in [0.5, 0.6) is 0 Å². The molecule has 0 saturated carbocycles. The number of guanidine groups is 6. The van der Waals surface area contributed by atoms with Gasteiger partial charge in [-0.05, 0) is 96.4 Å². The fourth-order valence-corrected chi connectivity index (χ4v) is 6.90. The summed E-state index contributed by atoms with van der Waals surface area (Å²) in [4.78, 5) is 120. The number of amides is 6. The summed E-state index contributed by atoms with van der Waals surface area (Å²) in [6.45, 7) is 0.610. The number of carboxylic acids is 1. The van der Waals surface area contributed by atoms with Gasteiger partial charge < -0.3 is 117 Å². The van der Waals surface area contributed by atoms with Crippen LogP contribution in [-0.4, -0.2) is 170 Å². The minimum absolute atomic E-state index is 0.000421. The molecular weight excluding hydrogens is 997 g/mol. The fourth-order valence-electron chi connectivity index (χ4n) is 6.90. The van der Waals surface area contributed by atoms with Gasteiger partial charge in [-0.2, -0.15) is 0 Å². The number of nitrogens with two attached hydrogens (primary N) is 14. The van der Waals surface area contributed by atoms with Gasteiger partial charge in [0.25, 0.3) is 0 Å². The van der Waals surface area contributed by atoms with Crippen molar-refractivity contribution in [1.82, 2.24) is 31.9 Å². The van der Waals surface area contributed by atoms with Gasteiger partial charge in [-0.3, -0.25) is 58.7 Å². The van der Waals surface area contributed by atoms with Crippen LogP contribution in [0.2, 0.25) is 0 Å². The summed E-state index contributed by atoms with van der Waals surface area (Å²) in [7, 11) is 0. The normalized spacial score (nSPS) is 13.4. The molecule has 0 spiro atoms. The molecule has 0 aromatic heterocycles. The number of carbonyl (C=O) groups is 7. The van der Waals surface area contributed by atoms with E-state index >= 15 is 0 Å². The molecule has 34 heteroatoms. The number of carboxylic acid groups (broad SMARTS) is 1. The Morgan fingerprint density at radius 3 is 0.737 bits per heavy atom. The first-order valence-corrected chi connectivity index (χ1v) is 24.7. The highest BCUT2D eigenvalue weighted by atomic mass is 16.4. The molecule has 34 nitrogen and oxygen atoms in total. The van der Waals surface area contributed by atoms with Crippen molar-refractivity contribution in [3.63, 3.8) is 0 Å². The molecule has 0 saturated heterocycles. The largest absolute Gasteiger partial charge is 0.480 e. The summed E-state index contributed by atoms with van der Waals surface area (Å²) >= 11 is 0. The molecule has 0 aromatic rings. The lowest BCUT2D eigenvalue weighted by Crippen LogP contribution is -2.59. The first-order valence-electron chi connectivity index (χ1n) is 24.7. The number of nitrogens with zero attached hydrogens (tertiary/aromatic N) is 6. The molecule has 7 unspecified atom stereocenters. The molecule has 0 radical (unpaired) electrons. The number of aliphatic carboxylic acids is 1. The molecule has 0 aliphatic carbocycles. The van der Waals surface area contributed by atoms with Crippen LogP contribution in [0.3, 0.4) is 0 Å². The number of aliphatic imine (C=N–C) groups is 6. The van der Waals surface area contributed by atoms with E-state index < -0.39 is 83.7 Å². The van der Waals surface area contributed by atoms with E-state index in [0.717, 1.165) is 0 Å². The number of unbranched alkanes of at least 4 members (excludes halogenated alkanes) is 1. The zero-order valence-corrected chi connectivity index (χ0v) is 43.2. The SMILES string of the molecule is NCCCCC(N)C(=O)NC(CCCN=C(N)N)C(=O)NC(CCCN=C(N)N)C(=O)NC(CCCN=C(N)N)C(=O)NC(CCCN=C(N)N)C(=O)NC(CCCN=C(N)N)C(=O)NC(CCCN=C(N)N)C(=O)O. The Hall–Kier alpha value is -8.17. The Bertz CT molecular complexity index is 1990. The average molecular weight is 1080 g/mol. The molecule has 0 aliphatic rings. The van der Waals surface area contributed by atoms with Gasteiger partial charge in [0.15, 0.2) is 35.8 Å². The van der Waals surface area contributed by atoms with E-state index in [1.807, 2.05) is 0 Å². The van der Waals surface area contributed by atoms with E-state index in [1.165, 1.54) is 0 Å². The van der Waals surface area contributed by atoms with Crippen LogP contribution in [-0.2, 0) is 33.6 Å². The molecular formula is C42H86N26O8. The highest BCUT2D eigenvalue weighted by molar-refractivity contribution is 5.97. The van der Waals surface area contributed by atoms with Gasteiger partial charge in [-0.15, -0.1) is 0 Å². The topological polar surface area (TPSA) is 650 Å². The summed E-state index contributed by atoms with van der Waals surface area (Å²) in [5.74, 6) is -7.75. The summed E-state index contributed by atoms with van der Waals surface area (Å²) < 4.78 is 0. The summed E-state index contributed by atoms with van der Waals surface area (Å²) in [5, 5.41) is 25.5. The van der Waals surface area contributed by atoms with Crippen LogP contribution in [0.1, 0.15) is 96.3 Å². The van der Waals surface area contributed by atoms with Crippen LogP contribution in [0.4, 0.5) is 0 Å². The Kier molecular flexibility index (Phi) is 35.1. The highest BCUT2D eigenvalue weighted by Gasteiger charge is 2.33. The molecule has 35 N–H and O–H groups in total. The number of rotatable bonds is 41. The first kappa shape index (κ1) is 67.8. The average Bonchev–Trinajstić information content (AvgIpc) is 3.33. The predicted octanol–water partition coefficient (Wildman–Crippen LogP) is -9.24. The van der Waals surface area contributed by atoms with Gasteiger partial charge in [0.1, 0.15) is 36.3 Å². The maximum absolute atomic E-state index is 14.4. The van der Waals surface area contributed by atoms with Crippen molar-refractivity contribution >= 4 is 77.2 Å². The van der Waals surface area contributed by atoms with Crippen LogP contribution in [0.15, 0.2) is 30.0 Å². The molecule has 76 heavy (non-hydrogen) atoms. The Labute approximate surface area is 441 Å². The molecule has 0 bridgehead atoms. The Morgan fingerprint density at radius 1 is 0.316 bits per heavy atom. The molecule has 432 valence electrons. The van der Waals surface area contributed by atoms with E-state index in [4.69, 9.17) is 80.3 Å². The lowest BCUT2D eigenvalue weighted by atomic mass is 10.0. The van der Waals surface area contributed by atoms with Crippen molar-refractivity contribution in [1.29, 1.82) is 0 Å². The molecule has 0 heterocycles. The van der Waals surface area contributed by atoms with E-state index in [-0.39, 0.29) is 158 Å². The highest BCUT2D eigenvalue weighted by Crippen LogP contribution is 2.10. The third-order valence-corrected chi connectivity index (χ3v) is 10.8. The van der Waals surface area contributed by atoms with Gasteiger partial charge in [-0.1, -0.05) is 6.42 Å². The minimum Gasteiger partial charge on any atom is -0.480 e. The van der Waals surface area contributed by atoms with Crippen molar-refractivity contribution in [2.75, 3.05) is 45.8 Å². The standard InChI is InChI=1S/C42H86N26O8/c43-16-2-1-9-23(44)30(69)63-24(10-3-17-57-37(45)46)31(70)64-25(11-4-18-58-38(47)48)32(71)65-26(12-5-19-59-39(49)50)33(72)66-27(13-6-20-60-40(51)52)34(73)67-28(14-7-21-61-41(53)54)35(74)68-29(36(75)76)15-8-22-62-42(55)56/h23-29H,1-22,43-44H2,(H,63,69)(H,64,70)(H,65,71)(H,66,72)(H,67,73)(H,68,74)(H,75,76)(H4,45,46,57)(H4,47,48,58)(H4,49,50,59)(H4,51,52,60)(H4,53,54,61)(H4,55,56,62). The number of nitrogens with one attached hydrogen (secondary N) is 6. The van der Waals surface area contributed by atoms with Crippen LogP contribution < -0.4 is 112 Å². The minimum atomic E-state index is -1.44. The van der Waals surface area contributed by atoms with Crippen molar-refractivity contribution in [3.8, 4) is 0 Å². The zero-order valence-electron chi connectivity index (χ0n) is 43.2. The van der Waals surface area contributed by atoms with E-state index in [9.17, 15) is 38.7 Å². The third-order valence-electron chi connectivity index (χ3n) is 10.8. The molecule has 0 aromatic carbocycles. The molecule has 7 atom stereocenters. The molecule has 0 fully saturated rings. The molecule has 6 amide bonds. The molecule has 0 aliphatic heterocycles. The summed E-state index contributed by atoms with van der Waals surface area (Å²) in [6.07, 6.45) is 1.74. The van der Waals surface area contributed by atoms with Crippen LogP contribution in [0, 0.1) is 0 Å². The first-order chi connectivity index (χ1) is 35.9. The zero-order chi connectivity index (χ0) is 57.6. The van der Waals surface area contributed by atoms with Gasteiger partial charge in [-0.25, -0.2) is 4.79 Å². The smallest absolute Gasteiger partial charge is 0.326 e. The van der Waals surface area contributed by atoms with Crippen molar-refractivity contribution < 1.29 is 38.7 Å². The maximum atomic E-state index is 14.4. The number of hydrogen-bond donors (Lipinski definition) is 21. The second-order valence-electron chi connectivity index (χ2n) is 17.3. The van der Waals surface area contributed by atoms with Crippen molar-refractivity contribution in [3.05, 3.63) is 0 Å². The monoisotopic (exact) mass is 1080 g/mol. The van der Waals surface area contributed by atoms with Gasteiger partial charge in [0, 0.05) is 39.3 Å². The van der Waals surface area contributed by atoms with E-state index in [1.54, 1.807) is 0 Å².